The number of carbonyl (C=O) groups is 2. The fraction of sp³-hybridized carbons (Fsp3) is 0.667. The average Bonchev–Trinajstić information content (AvgIpc) is 2.89. The second kappa shape index (κ2) is 4.97. The van der Waals surface area contributed by atoms with Gasteiger partial charge in [0, 0.05) is 18.7 Å². The van der Waals surface area contributed by atoms with Gasteiger partial charge in [0.25, 0.3) is 0 Å². The Kier molecular flexibility index (Phi) is 3.17. The van der Waals surface area contributed by atoms with Crippen LogP contribution in [-0.4, -0.2) is 22.9 Å². The van der Waals surface area contributed by atoms with E-state index in [0.29, 0.717) is 5.69 Å². The number of hydrogen-bond donors (Lipinski definition) is 0. The summed E-state index contributed by atoms with van der Waals surface area (Å²) in [5, 5.41) is 0. The second-order valence-electron chi connectivity index (χ2n) is 7.70. The van der Waals surface area contributed by atoms with Crippen LogP contribution in [0.2, 0.25) is 0 Å². The van der Waals surface area contributed by atoms with Crippen LogP contribution in [0.4, 0.5) is 0 Å². The Balaban J connectivity index is 1.42. The Hall–Kier alpha value is -1.58. The van der Waals surface area contributed by atoms with Crippen LogP contribution < -0.4 is 0 Å². The SMILES string of the molecule is Cn1cccc1C(=O)OCC(=O)C12CC3CC(CC(C3)C1)C2. The smallest absolute Gasteiger partial charge is 0.355 e. The number of Topliss-reactive ketones (excluding diaryl/α,β-unsaturated/α-hetero) is 1. The first-order chi connectivity index (χ1) is 10.6. The van der Waals surface area contributed by atoms with Crippen LogP contribution in [0, 0.1) is 23.2 Å². The highest BCUT2D eigenvalue weighted by Gasteiger charge is 2.54. The number of hydrogen-bond acceptors (Lipinski definition) is 3. The quantitative estimate of drug-likeness (QED) is 0.803. The summed E-state index contributed by atoms with van der Waals surface area (Å²) in [5.41, 5.74) is 0.321. The summed E-state index contributed by atoms with van der Waals surface area (Å²) in [6, 6.07) is 3.52. The van der Waals surface area contributed by atoms with E-state index in [2.05, 4.69) is 0 Å². The molecule has 0 amide bonds. The van der Waals surface area contributed by atoms with Gasteiger partial charge in [-0.05, 0) is 68.4 Å². The van der Waals surface area contributed by atoms with Gasteiger partial charge in [0.05, 0.1) is 0 Å². The molecule has 0 spiro atoms. The van der Waals surface area contributed by atoms with E-state index in [1.807, 2.05) is 0 Å². The van der Waals surface area contributed by atoms with E-state index in [-0.39, 0.29) is 17.8 Å². The molecule has 0 aliphatic heterocycles. The molecule has 4 fully saturated rings. The molecule has 0 unspecified atom stereocenters. The predicted octanol–water partition coefficient (Wildman–Crippen LogP) is 2.97. The average molecular weight is 301 g/mol. The van der Waals surface area contributed by atoms with Gasteiger partial charge in [-0.25, -0.2) is 4.79 Å². The fourth-order valence-electron chi connectivity index (χ4n) is 5.48. The summed E-state index contributed by atoms with van der Waals surface area (Å²) >= 11 is 0. The van der Waals surface area contributed by atoms with E-state index in [1.165, 1.54) is 19.3 Å². The van der Waals surface area contributed by atoms with Crippen molar-refractivity contribution in [1.82, 2.24) is 4.57 Å². The van der Waals surface area contributed by atoms with E-state index in [9.17, 15) is 9.59 Å². The van der Waals surface area contributed by atoms with Gasteiger partial charge in [-0.15, -0.1) is 0 Å². The molecule has 1 heterocycles. The van der Waals surface area contributed by atoms with Crippen LogP contribution in [0.15, 0.2) is 18.3 Å². The maximum absolute atomic E-state index is 12.8. The lowest BCUT2D eigenvalue weighted by Crippen LogP contribution is -2.51. The molecule has 0 N–H and O–H groups in total. The molecule has 0 aromatic carbocycles. The molecule has 4 bridgehead atoms. The minimum atomic E-state index is -0.398. The van der Waals surface area contributed by atoms with Gasteiger partial charge in [-0.3, -0.25) is 4.79 Å². The number of rotatable bonds is 4. The van der Waals surface area contributed by atoms with Gasteiger partial charge in [-0.1, -0.05) is 0 Å². The second-order valence-corrected chi connectivity index (χ2v) is 7.70. The summed E-state index contributed by atoms with van der Waals surface area (Å²) in [6.07, 6.45) is 8.83. The number of aryl methyl sites for hydroxylation is 1. The molecule has 4 aliphatic rings. The summed E-state index contributed by atoms with van der Waals surface area (Å²) in [4.78, 5) is 24.8. The van der Waals surface area contributed by atoms with E-state index in [0.717, 1.165) is 37.0 Å². The van der Waals surface area contributed by atoms with Crippen molar-refractivity contribution in [1.29, 1.82) is 0 Å². The topological polar surface area (TPSA) is 48.3 Å². The first-order valence-electron chi connectivity index (χ1n) is 8.37. The molecule has 0 saturated heterocycles. The number of aromatic nitrogens is 1. The molecule has 0 radical (unpaired) electrons. The molecule has 4 aliphatic carbocycles. The third kappa shape index (κ3) is 2.20. The maximum atomic E-state index is 12.8. The summed E-state index contributed by atoms with van der Waals surface area (Å²) in [6.45, 7) is -0.0594. The zero-order valence-corrected chi connectivity index (χ0v) is 13.1. The van der Waals surface area contributed by atoms with Crippen LogP contribution in [-0.2, 0) is 16.6 Å². The third-order valence-corrected chi connectivity index (χ3v) is 6.12. The Morgan fingerprint density at radius 1 is 1.18 bits per heavy atom. The minimum absolute atomic E-state index is 0.0594. The van der Waals surface area contributed by atoms with Gasteiger partial charge < -0.3 is 9.30 Å². The predicted molar refractivity (Wildman–Crippen MR) is 81.3 cm³/mol. The van der Waals surface area contributed by atoms with E-state index >= 15 is 0 Å². The summed E-state index contributed by atoms with van der Waals surface area (Å²) in [7, 11) is 1.80. The van der Waals surface area contributed by atoms with Crippen molar-refractivity contribution in [3.63, 3.8) is 0 Å². The summed E-state index contributed by atoms with van der Waals surface area (Å²) < 4.78 is 7.03. The van der Waals surface area contributed by atoms with Crippen molar-refractivity contribution in [3.8, 4) is 0 Å². The Morgan fingerprint density at radius 3 is 2.27 bits per heavy atom. The molecule has 4 saturated carbocycles. The lowest BCUT2D eigenvalue weighted by Gasteiger charge is -2.55. The van der Waals surface area contributed by atoms with E-state index in [1.54, 1.807) is 29.9 Å². The number of ketones is 1. The number of esters is 1. The zero-order chi connectivity index (χ0) is 15.3. The minimum Gasteiger partial charge on any atom is -0.453 e. The molecule has 0 atom stereocenters. The van der Waals surface area contributed by atoms with E-state index < -0.39 is 5.97 Å². The van der Waals surface area contributed by atoms with Crippen molar-refractivity contribution < 1.29 is 14.3 Å². The van der Waals surface area contributed by atoms with E-state index in [4.69, 9.17) is 4.74 Å². The number of carbonyl (C=O) groups excluding carboxylic acids is 2. The highest BCUT2D eigenvalue weighted by molar-refractivity contribution is 5.92. The maximum Gasteiger partial charge on any atom is 0.355 e. The van der Waals surface area contributed by atoms with Gasteiger partial charge in [0.1, 0.15) is 5.69 Å². The normalized spacial score (nSPS) is 35.6. The molecule has 4 nitrogen and oxygen atoms in total. The van der Waals surface area contributed by atoms with Gasteiger partial charge in [-0.2, -0.15) is 0 Å². The Morgan fingerprint density at radius 2 is 1.77 bits per heavy atom. The van der Waals surface area contributed by atoms with Crippen molar-refractivity contribution >= 4 is 11.8 Å². The van der Waals surface area contributed by atoms with Crippen LogP contribution in [0.25, 0.3) is 0 Å². The van der Waals surface area contributed by atoms with Crippen LogP contribution >= 0.6 is 0 Å². The molecule has 22 heavy (non-hydrogen) atoms. The molecule has 5 rings (SSSR count). The first kappa shape index (κ1) is 14.0. The number of ether oxygens (including phenoxy) is 1. The third-order valence-electron chi connectivity index (χ3n) is 6.12. The molecule has 118 valence electrons. The monoisotopic (exact) mass is 301 g/mol. The van der Waals surface area contributed by atoms with Gasteiger partial charge in [0.2, 0.25) is 0 Å². The van der Waals surface area contributed by atoms with Crippen LogP contribution in [0.1, 0.15) is 49.0 Å². The number of nitrogens with zero attached hydrogens (tertiary/aromatic N) is 1. The molecule has 4 heteroatoms. The summed E-state index contributed by atoms with van der Waals surface area (Å²) in [5.74, 6) is 1.97. The Bertz CT molecular complexity index is 580. The zero-order valence-electron chi connectivity index (χ0n) is 13.1. The van der Waals surface area contributed by atoms with Crippen molar-refractivity contribution in [2.24, 2.45) is 30.2 Å². The highest BCUT2D eigenvalue weighted by Crippen LogP contribution is 2.60. The first-order valence-corrected chi connectivity index (χ1v) is 8.37. The molecule has 1 aromatic heterocycles. The highest BCUT2D eigenvalue weighted by atomic mass is 16.5. The molecule has 1 aromatic rings. The van der Waals surface area contributed by atoms with Crippen LogP contribution in [0.3, 0.4) is 0 Å². The fourth-order valence-corrected chi connectivity index (χ4v) is 5.48. The largest absolute Gasteiger partial charge is 0.453 e. The van der Waals surface area contributed by atoms with Crippen molar-refractivity contribution in [3.05, 3.63) is 24.0 Å². The lowest BCUT2D eigenvalue weighted by atomic mass is 9.48. The lowest BCUT2D eigenvalue weighted by molar-refractivity contribution is -0.147. The molecular weight excluding hydrogens is 278 g/mol. The van der Waals surface area contributed by atoms with Gasteiger partial charge in [0.15, 0.2) is 12.4 Å². The standard InChI is InChI=1S/C18H23NO3/c1-19-4-2-3-15(19)17(21)22-11-16(20)18-8-12-5-13(9-18)7-14(6-12)10-18/h2-4,12-14H,5-11H2,1H3. The Labute approximate surface area is 130 Å². The van der Waals surface area contributed by atoms with Gasteiger partial charge >= 0.3 is 5.97 Å². The van der Waals surface area contributed by atoms with Crippen molar-refractivity contribution in [2.45, 2.75) is 38.5 Å². The van der Waals surface area contributed by atoms with Crippen LogP contribution in [0.5, 0.6) is 0 Å². The molecular formula is C18H23NO3. The van der Waals surface area contributed by atoms with Crippen molar-refractivity contribution in [2.75, 3.05) is 6.61 Å².